The third-order valence-corrected chi connectivity index (χ3v) is 2.28. The van der Waals surface area contributed by atoms with Gasteiger partial charge in [0.15, 0.2) is 0 Å². The van der Waals surface area contributed by atoms with Gasteiger partial charge >= 0.3 is 0 Å². The van der Waals surface area contributed by atoms with Gasteiger partial charge in [0.25, 0.3) is 5.91 Å². The maximum Gasteiger partial charge on any atom is 0.256 e. The topological polar surface area (TPSA) is 29.1 Å². The molecule has 2 nitrogen and oxygen atoms in total. The zero-order valence-corrected chi connectivity index (χ0v) is 7.76. The van der Waals surface area contributed by atoms with Gasteiger partial charge < -0.3 is 5.32 Å². The lowest BCUT2D eigenvalue weighted by Gasteiger charge is -1.94. The standard InChI is InChI=1S/C9H6BrNO/c10-5-8-6-3-1-2-4-7(6)9(12)11-8/h1-5H,(H,11,12)/b8-5+. The Hall–Kier alpha value is -1.09. The van der Waals surface area contributed by atoms with E-state index >= 15 is 0 Å². The first-order valence-electron chi connectivity index (χ1n) is 3.54. The van der Waals surface area contributed by atoms with E-state index in [1.54, 1.807) is 4.99 Å². The summed E-state index contributed by atoms with van der Waals surface area (Å²) in [5.41, 5.74) is 2.53. The summed E-state index contributed by atoms with van der Waals surface area (Å²) in [6, 6.07) is 7.50. The van der Waals surface area contributed by atoms with Crippen molar-refractivity contribution in [1.82, 2.24) is 5.32 Å². The van der Waals surface area contributed by atoms with Crippen LogP contribution in [0.25, 0.3) is 5.70 Å². The highest BCUT2D eigenvalue weighted by Gasteiger charge is 2.21. The quantitative estimate of drug-likeness (QED) is 0.718. The largest absolute Gasteiger partial charge is 0.321 e. The third kappa shape index (κ3) is 0.975. The number of hydrogen-bond donors (Lipinski definition) is 1. The Balaban J connectivity index is 2.65. The van der Waals surface area contributed by atoms with Crippen LogP contribution >= 0.6 is 15.9 Å². The Bertz CT molecular complexity index is 371. The molecule has 3 heteroatoms. The van der Waals surface area contributed by atoms with Crippen molar-refractivity contribution in [2.24, 2.45) is 0 Å². The second kappa shape index (κ2) is 2.75. The second-order valence-electron chi connectivity index (χ2n) is 2.52. The molecule has 60 valence electrons. The number of amides is 1. The van der Waals surface area contributed by atoms with Crippen LogP contribution in [0.5, 0.6) is 0 Å². The molecule has 0 spiro atoms. The minimum absolute atomic E-state index is 0.0312. The van der Waals surface area contributed by atoms with Crippen molar-refractivity contribution >= 4 is 27.5 Å². The normalized spacial score (nSPS) is 17.8. The van der Waals surface area contributed by atoms with Gasteiger partial charge in [-0.15, -0.1) is 0 Å². The molecule has 1 heterocycles. The van der Waals surface area contributed by atoms with E-state index in [2.05, 4.69) is 21.2 Å². The van der Waals surface area contributed by atoms with Gasteiger partial charge in [0.2, 0.25) is 0 Å². The van der Waals surface area contributed by atoms with Crippen LogP contribution < -0.4 is 5.32 Å². The highest BCUT2D eigenvalue weighted by Crippen LogP contribution is 2.24. The fourth-order valence-electron chi connectivity index (χ4n) is 1.26. The van der Waals surface area contributed by atoms with E-state index in [0.717, 1.165) is 16.8 Å². The molecule has 1 aromatic rings. The SMILES string of the molecule is O=C1N/C(=C/Br)c2ccccc21. The van der Waals surface area contributed by atoms with Crippen LogP contribution in [0.4, 0.5) is 0 Å². The van der Waals surface area contributed by atoms with Crippen molar-refractivity contribution in [3.05, 3.63) is 40.4 Å². The summed E-state index contributed by atoms with van der Waals surface area (Å²) in [5, 5.41) is 2.74. The Labute approximate surface area is 78.4 Å². The van der Waals surface area contributed by atoms with E-state index in [0.29, 0.717) is 0 Å². The average molecular weight is 224 g/mol. The predicted molar refractivity (Wildman–Crippen MR) is 50.8 cm³/mol. The zero-order valence-electron chi connectivity index (χ0n) is 6.17. The molecule has 0 saturated heterocycles. The summed E-state index contributed by atoms with van der Waals surface area (Å²) < 4.78 is 0. The van der Waals surface area contributed by atoms with Crippen LogP contribution in [-0.2, 0) is 0 Å². The molecule has 0 fully saturated rings. The molecule has 0 unspecified atom stereocenters. The molecule has 1 aliphatic rings. The van der Waals surface area contributed by atoms with Crippen LogP contribution in [0.3, 0.4) is 0 Å². The van der Waals surface area contributed by atoms with Crippen LogP contribution in [0.1, 0.15) is 15.9 Å². The molecule has 0 radical (unpaired) electrons. The van der Waals surface area contributed by atoms with Gasteiger partial charge in [0, 0.05) is 16.1 Å². The monoisotopic (exact) mass is 223 g/mol. The molecule has 2 rings (SSSR count). The average Bonchev–Trinajstić information content (AvgIpc) is 2.44. The van der Waals surface area contributed by atoms with Gasteiger partial charge in [-0.05, 0) is 6.07 Å². The Morgan fingerprint density at radius 2 is 1.92 bits per heavy atom. The summed E-state index contributed by atoms with van der Waals surface area (Å²) >= 11 is 3.20. The van der Waals surface area contributed by atoms with E-state index < -0.39 is 0 Å². The fraction of sp³-hybridized carbons (Fsp3) is 0. The summed E-state index contributed by atoms with van der Waals surface area (Å²) in [6.45, 7) is 0. The number of nitrogens with one attached hydrogen (secondary N) is 1. The lowest BCUT2D eigenvalue weighted by Crippen LogP contribution is -2.11. The van der Waals surface area contributed by atoms with Crippen molar-refractivity contribution in [3.8, 4) is 0 Å². The minimum Gasteiger partial charge on any atom is -0.321 e. The number of rotatable bonds is 0. The highest BCUT2D eigenvalue weighted by atomic mass is 79.9. The van der Waals surface area contributed by atoms with Crippen molar-refractivity contribution in [2.75, 3.05) is 0 Å². The van der Waals surface area contributed by atoms with E-state index in [9.17, 15) is 4.79 Å². The van der Waals surface area contributed by atoms with Crippen LogP contribution in [0, 0.1) is 0 Å². The van der Waals surface area contributed by atoms with Crippen molar-refractivity contribution in [3.63, 3.8) is 0 Å². The summed E-state index contributed by atoms with van der Waals surface area (Å²) in [7, 11) is 0. The molecule has 0 saturated carbocycles. The van der Waals surface area contributed by atoms with Crippen LogP contribution in [0.15, 0.2) is 29.3 Å². The minimum atomic E-state index is -0.0312. The summed E-state index contributed by atoms with van der Waals surface area (Å²) in [4.78, 5) is 13.0. The number of carbonyl (C=O) groups excluding carboxylic acids is 1. The van der Waals surface area contributed by atoms with E-state index in [1.165, 1.54) is 0 Å². The van der Waals surface area contributed by atoms with Gasteiger partial charge in [0.1, 0.15) is 0 Å². The Morgan fingerprint density at radius 3 is 2.58 bits per heavy atom. The molecule has 0 atom stereocenters. The molecule has 12 heavy (non-hydrogen) atoms. The van der Waals surface area contributed by atoms with E-state index in [-0.39, 0.29) is 5.91 Å². The molecule has 1 amide bonds. The van der Waals surface area contributed by atoms with Gasteiger partial charge in [-0.3, -0.25) is 4.79 Å². The first kappa shape index (κ1) is 7.55. The maximum atomic E-state index is 11.3. The molecular weight excluding hydrogens is 218 g/mol. The van der Waals surface area contributed by atoms with Crippen molar-refractivity contribution < 1.29 is 4.79 Å². The number of hydrogen-bond acceptors (Lipinski definition) is 1. The van der Waals surface area contributed by atoms with Crippen LogP contribution in [-0.4, -0.2) is 5.91 Å². The molecule has 0 aromatic heterocycles. The fourth-order valence-corrected chi connectivity index (χ4v) is 1.62. The summed E-state index contributed by atoms with van der Waals surface area (Å²) in [5.74, 6) is -0.0312. The summed E-state index contributed by atoms with van der Waals surface area (Å²) in [6.07, 6.45) is 0. The molecule has 1 aromatic carbocycles. The van der Waals surface area contributed by atoms with Crippen molar-refractivity contribution in [2.45, 2.75) is 0 Å². The zero-order chi connectivity index (χ0) is 8.55. The first-order valence-corrected chi connectivity index (χ1v) is 4.45. The highest BCUT2D eigenvalue weighted by molar-refractivity contribution is 9.11. The lowest BCUT2D eigenvalue weighted by molar-refractivity contribution is 0.0981. The smallest absolute Gasteiger partial charge is 0.256 e. The number of fused-ring (bicyclic) bond motifs is 1. The molecule has 0 bridgehead atoms. The second-order valence-corrected chi connectivity index (χ2v) is 2.98. The van der Waals surface area contributed by atoms with Gasteiger partial charge in [-0.2, -0.15) is 0 Å². The number of carbonyl (C=O) groups is 1. The Kier molecular flexibility index (Phi) is 1.73. The molecule has 1 N–H and O–H groups in total. The molecular formula is C9H6BrNO. The lowest BCUT2D eigenvalue weighted by atomic mass is 10.1. The first-order chi connectivity index (χ1) is 5.83. The van der Waals surface area contributed by atoms with Gasteiger partial charge in [-0.25, -0.2) is 0 Å². The van der Waals surface area contributed by atoms with Crippen molar-refractivity contribution in [1.29, 1.82) is 0 Å². The number of benzene rings is 1. The third-order valence-electron chi connectivity index (χ3n) is 1.82. The maximum absolute atomic E-state index is 11.3. The van der Waals surface area contributed by atoms with Gasteiger partial charge in [-0.1, -0.05) is 34.1 Å². The molecule has 1 aliphatic heterocycles. The Morgan fingerprint density at radius 1 is 1.25 bits per heavy atom. The van der Waals surface area contributed by atoms with Gasteiger partial charge in [0.05, 0.1) is 5.70 Å². The van der Waals surface area contributed by atoms with E-state index in [4.69, 9.17) is 0 Å². The van der Waals surface area contributed by atoms with E-state index in [1.807, 2.05) is 24.3 Å². The number of halogens is 1. The van der Waals surface area contributed by atoms with Crippen LogP contribution in [0.2, 0.25) is 0 Å². The molecule has 0 aliphatic carbocycles. The predicted octanol–water partition coefficient (Wildman–Crippen LogP) is 2.12.